The minimum Gasteiger partial charge on any atom is -0.465 e. The molecule has 1 aromatic carbocycles. The van der Waals surface area contributed by atoms with Gasteiger partial charge in [0.15, 0.2) is 0 Å². The molecular formula is C17H20O4. The Bertz CT molecular complexity index is 613. The topological polar surface area (TPSA) is 52.6 Å². The summed E-state index contributed by atoms with van der Waals surface area (Å²) in [5.41, 5.74) is 4.16. The smallest absolute Gasteiger partial charge is 0.335 e. The van der Waals surface area contributed by atoms with Crippen LogP contribution in [-0.4, -0.2) is 25.2 Å². The predicted molar refractivity (Wildman–Crippen MR) is 79.9 cm³/mol. The van der Waals surface area contributed by atoms with Crippen LogP contribution in [0, 0.1) is 13.8 Å². The predicted octanol–water partition coefficient (Wildman–Crippen LogP) is 2.91. The van der Waals surface area contributed by atoms with Gasteiger partial charge < -0.3 is 9.47 Å². The third kappa shape index (κ3) is 2.71. The molecule has 0 N–H and O–H groups in total. The van der Waals surface area contributed by atoms with Gasteiger partial charge in [0.2, 0.25) is 0 Å². The van der Waals surface area contributed by atoms with Gasteiger partial charge >= 0.3 is 11.9 Å². The molecule has 1 unspecified atom stereocenters. The second kappa shape index (κ2) is 6.12. The van der Waals surface area contributed by atoms with Crippen LogP contribution in [0.2, 0.25) is 0 Å². The molecule has 0 radical (unpaired) electrons. The molecule has 21 heavy (non-hydrogen) atoms. The van der Waals surface area contributed by atoms with Gasteiger partial charge in [-0.2, -0.15) is 0 Å². The summed E-state index contributed by atoms with van der Waals surface area (Å²) < 4.78 is 10.2. The second-order valence-corrected chi connectivity index (χ2v) is 5.03. The first-order chi connectivity index (χ1) is 10.0. The van der Waals surface area contributed by atoms with Gasteiger partial charge in [-0.15, -0.1) is 0 Å². The van der Waals surface area contributed by atoms with E-state index in [1.54, 1.807) is 19.9 Å². The van der Waals surface area contributed by atoms with Crippen molar-refractivity contribution in [2.45, 2.75) is 33.6 Å². The van der Waals surface area contributed by atoms with Gasteiger partial charge in [0.05, 0.1) is 18.8 Å². The first-order valence-electron chi connectivity index (χ1n) is 7.16. The van der Waals surface area contributed by atoms with E-state index in [-0.39, 0.29) is 13.2 Å². The number of carbonyl (C=O) groups excluding carboxylic acids is 2. The lowest BCUT2D eigenvalue weighted by Gasteiger charge is -2.17. The minimum absolute atomic E-state index is 0.278. The van der Waals surface area contributed by atoms with Crippen molar-refractivity contribution < 1.29 is 19.1 Å². The number of aryl methyl sites for hydroxylation is 2. The molecule has 0 saturated heterocycles. The summed E-state index contributed by atoms with van der Waals surface area (Å²) in [4.78, 5) is 24.5. The SMILES string of the molecule is CCOC(=O)C1=Cc2c(C)ccc(C)c2C1C(=O)OCC. The van der Waals surface area contributed by atoms with Gasteiger partial charge in [-0.05, 0) is 56.0 Å². The van der Waals surface area contributed by atoms with Crippen molar-refractivity contribution in [3.63, 3.8) is 0 Å². The van der Waals surface area contributed by atoms with Crippen LogP contribution in [0.3, 0.4) is 0 Å². The average Bonchev–Trinajstić information content (AvgIpc) is 2.85. The average molecular weight is 288 g/mol. The van der Waals surface area contributed by atoms with Gasteiger partial charge in [0.25, 0.3) is 0 Å². The maximum absolute atomic E-state index is 12.3. The molecule has 0 spiro atoms. The summed E-state index contributed by atoms with van der Waals surface area (Å²) in [6.45, 7) is 7.96. The van der Waals surface area contributed by atoms with Crippen molar-refractivity contribution in [2.75, 3.05) is 13.2 Å². The van der Waals surface area contributed by atoms with E-state index in [4.69, 9.17) is 9.47 Å². The molecule has 0 fully saturated rings. The van der Waals surface area contributed by atoms with E-state index in [1.165, 1.54) is 0 Å². The molecule has 1 aromatic rings. The van der Waals surface area contributed by atoms with Crippen LogP contribution in [0.5, 0.6) is 0 Å². The molecule has 0 amide bonds. The van der Waals surface area contributed by atoms with Gasteiger partial charge in [0.1, 0.15) is 5.92 Å². The molecule has 0 aromatic heterocycles. The third-order valence-corrected chi connectivity index (χ3v) is 3.66. The summed E-state index contributed by atoms with van der Waals surface area (Å²) in [6.07, 6.45) is 1.76. The molecule has 2 rings (SSSR count). The quantitative estimate of drug-likeness (QED) is 0.799. The summed E-state index contributed by atoms with van der Waals surface area (Å²) in [5, 5.41) is 0. The van der Waals surface area contributed by atoms with Crippen LogP contribution in [0.4, 0.5) is 0 Å². The number of hydrogen-bond donors (Lipinski definition) is 0. The fourth-order valence-electron chi connectivity index (χ4n) is 2.69. The van der Waals surface area contributed by atoms with E-state index in [2.05, 4.69) is 0 Å². The van der Waals surface area contributed by atoms with Crippen molar-refractivity contribution in [3.8, 4) is 0 Å². The Hall–Kier alpha value is -2.10. The van der Waals surface area contributed by atoms with E-state index in [0.717, 1.165) is 22.3 Å². The zero-order valence-corrected chi connectivity index (χ0v) is 12.9. The van der Waals surface area contributed by atoms with Crippen molar-refractivity contribution >= 4 is 18.0 Å². The summed E-state index contributed by atoms with van der Waals surface area (Å²) >= 11 is 0. The molecule has 0 bridgehead atoms. The Balaban J connectivity index is 2.53. The zero-order valence-electron chi connectivity index (χ0n) is 12.9. The van der Waals surface area contributed by atoms with Crippen LogP contribution >= 0.6 is 0 Å². The largest absolute Gasteiger partial charge is 0.465 e. The van der Waals surface area contributed by atoms with E-state index in [9.17, 15) is 9.59 Å². The lowest BCUT2D eigenvalue weighted by Crippen LogP contribution is -2.22. The molecule has 0 heterocycles. The zero-order chi connectivity index (χ0) is 15.6. The van der Waals surface area contributed by atoms with Crippen LogP contribution in [0.15, 0.2) is 17.7 Å². The molecule has 0 saturated carbocycles. The molecule has 1 aliphatic carbocycles. The Kier molecular flexibility index (Phi) is 4.46. The van der Waals surface area contributed by atoms with Crippen LogP contribution in [0.25, 0.3) is 6.08 Å². The molecule has 4 heteroatoms. The van der Waals surface area contributed by atoms with Crippen LogP contribution in [-0.2, 0) is 19.1 Å². The fourth-order valence-corrected chi connectivity index (χ4v) is 2.69. The highest BCUT2D eigenvalue weighted by Crippen LogP contribution is 2.41. The van der Waals surface area contributed by atoms with E-state index >= 15 is 0 Å². The first-order valence-corrected chi connectivity index (χ1v) is 7.16. The monoisotopic (exact) mass is 288 g/mol. The van der Waals surface area contributed by atoms with Crippen LogP contribution < -0.4 is 0 Å². The highest BCUT2D eigenvalue weighted by molar-refractivity contribution is 6.06. The molecule has 1 aliphatic rings. The van der Waals surface area contributed by atoms with Gasteiger partial charge in [-0.3, -0.25) is 4.79 Å². The number of esters is 2. The molecule has 4 nitrogen and oxygen atoms in total. The maximum Gasteiger partial charge on any atom is 0.335 e. The number of ether oxygens (including phenoxy) is 2. The van der Waals surface area contributed by atoms with E-state index in [0.29, 0.717) is 5.57 Å². The number of hydrogen-bond acceptors (Lipinski definition) is 4. The van der Waals surface area contributed by atoms with Gasteiger partial charge in [-0.25, -0.2) is 4.79 Å². The summed E-state index contributed by atoms with van der Waals surface area (Å²) in [5.74, 6) is -1.53. The Labute approximate surface area is 124 Å². The van der Waals surface area contributed by atoms with Gasteiger partial charge in [0, 0.05) is 0 Å². The van der Waals surface area contributed by atoms with Crippen LogP contribution in [0.1, 0.15) is 42.0 Å². The molecule has 1 atom stereocenters. The molecule has 112 valence electrons. The first kappa shape index (κ1) is 15.3. The normalized spacial score (nSPS) is 16.2. The van der Waals surface area contributed by atoms with Crippen molar-refractivity contribution in [1.82, 2.24) is 0 Å². The Morgan fingerprint density at radius 3 is 2.29 bits per heavy atom. The Morgan fingerprint density at radius 1 is 1.05 bits per heavy atom. The fraction of sp³-hybridized carbons (Fsp3) is 0.412. The van der Waals surface area contributed by atoms with E-state index in [1.807, 2.05) is 26.0 Å². The highest BCUT2D eigenvalue weighted by atomic mass is 16.5. The van der Waals surface area contributed by atoms with Crippen molar-refractivity contribution in [1.29, 1.82) is 0 Å². The molecular weight excluding hydrogens is 268 g/mol. The summed E-state index contributed by atoms with van der Waals surface area (Å²) in [7, 11) is 0. The number of rotatable bonds is 4. The van der Waals surface area contributed by atoms with E-state index < -0.39 is 17.9 Å². The van der Waals surface area contributed by atoms with Crippen molar-refractivity contribution in [3.05, 3.63) is 40.0 Å². The van der Waals surface area contributed by atoms with Gasteiger partial charge in [-0.1, -0.05) is 12.1 Å². The Morgan fingerprint density at radius 2 is 1.67 bits per heavy atom. The number of benzene rings is 1. The maximum atomic E-state index is 12.3. The number of carbonyl (C=O) groups is 2. The summed E-state index contributed by atoms with van der Waals surface area (Å²) in [6, 6.07) is 3.95. The minimum atomic E-state index is -0.682. The second-order valence-electron chi connectivity index (χ2n) is 5.03. The highest BCUT2D eigenvalue weighted by Gasteiger charge is 2.38. The lowest BCUT2D eigenvalue weighted by molar-refractivity contribution is -0.147. The van der Waals surface area contributed by atoms with Crippen molar-refractivity contribution in [2.24, 2.45) is 0 Å². The number of fused-ring (bicyclic) bond motifs is 1. The lowest BCUT2D eigenvalue weighted by atomic mass is 9.90. The standard InChI is InChI=1S/C17H20O4/c1-5-20-16(18)13-9-12-10(3)7-8-11(4)14(12)15(13)17(19)21-6-2/h7-9,15H,5-6H2,1-4H3. The third-order valence-electron chi connectivity index (χ3n) is 3.66. The molecule has 0 aliphatic heterocycles.